The summed E-state index contributed by atoms with van der Waals surface area (Å²) in [6, 6.07) is 1.50. The lowest BCUT2D eigenvalue weighted by Gasteiger charge is -2.29. The molecule has 0 aromatic rings. The van der Waals surface area contributed by atoms with Gasteiger partial charge in [-0.05, 0) is 25.9 Å². The van der Waals surface area contributed by atoms with Gasteiger partial charge in [0, 0.05) is 26.3 Å². The molecule has 28 heavy (non-hydrogen) atoms. The molecule has 0 radical (unpaired) electrons. The number of hydrogen-bond donors (Lipinski definition) is 0. The van der Waals surface area contributed by atoms with E-state index in [1.807, 2.05) is 24.8 Å². The maximum Gasteiger partial charge on any atom is 0.340 e. The molecule has 0 N–H and O–H groups in total. The molecule has 0 bridgehead atoms. The first-order chi connectivity index (χ1) is 13.3. The Balaban J connectivity index is 4.81. The van der Waals surface area contributed by atoms with Crippen LogP contribution in [0.3, 0.4) is 0 Å². The van der Waals surface area contributed by atoms with Crippen LogP contribution in [0.4, 0.5) is 0 Å². The molecule has 0 amide bonds. The van der Waals surface area contributed by atoms with E-state index in [0.29, 0.717) is 6.61 Å². The molecule has 0 aromatic carbocycles. The van der Waals surface area contributed by atoms with E-state index in [2.05, 4.69) is 39.6 Å². The number of ether oxygens (including phenoxy) is 1. The minimum atomic E-state index is -2.28. The molecule has 4 atom stereocenters. The molecule has 164 valence electrons. The SMILES string of the molecule is C=CC[Si](C)(OC)OC(/C=C/COC(CCC)O[Si](C)(CC=C)OC)CCC. The molecule has 0 heterocycles. The fourth-order valence-corrected chi connectivity index (χ4v) is 6.09. The fraction of sp³-hybridized carbons (Fsp3) is 0.714. The maximum absolute atomic E-state index is 6.30. The molecule has 0 rings (SSSR count). The molecule has 0 fully saturated rings. The normalized spacial score (nSPS) is 18.4. The smallest absolute Gasteiger partial charge is 0.340 e. The molecule has 0 aromatic heterocycles. The Hall–Kier alpha value is -0.546. The second-order valence-electron chi connectivity index (χ2n) is 7.20. The molecule has 0 saturated heterocycles. The first-order valence-electron chi connectivity index (χ1n) is 10.3. The van der Waals surface area contributed by atoms with Crippen molar-refractivity contribution in [3.05, 3.63) is 37.5 Å². The van der Waals surface area contributed by atoms with E-state index in [1.165, 1.54) is 0 Å². The van der Waals surface area contributed by atoms with Gasteiger partial charge in [-0.15, -0.1) is 13.2 Å². The van der Waals surface area contributed by atoms with E-state index in [9.17, 15) is 0 Å². The van der Waals surface area contributed by atoms with Gasteiger partial charge in [-0.3, -0.25) is 0 Å². The van der Waals surface area contributed by atoms with Crippen molar-refractivity contribution in [1.29, 1.82) is 0 Å². The van der Waals surface area contributed by atoms with Gasteiger partial charge in [-0.25, -0.2) is 0 Å². The molecule has 0 aliphatic rings. The van der Waals surface area contributed by atoms with Crippen LogP contribution in [0, 0.1) is 0 Å². The van der Waals surface area contributed by atoms with E-state index in [0.717, 1.165) is 37.8 Å². The highest BCUT2D eigenvalue weighted by molar-refractivity contribution is 6.66. The van der Waals surface area contributed by atoms with Crippen LogP contribution in [0.1, 0.15) is 39.5 Å². The molecular weight excluding hydrogens is 388 g/mol. The standard InChI is InChI=1S/C21H42O5Si2/c1-9-14-20(25-27(7,22-5)18-11-3)16-13-17-24-21(15-10-2)26-28(8,23-6)19-12-4/h11-13,16,20-21H,3-4,9-10,14-15,17-19H2,1-2,5-8H3/b16-13+. The minimum absolute atomic E-state index is 0.0232. The van der Waals surface area contributed by atoms with Gasteiger partial charge in [0.1, 0.15) is 6.29 Å². The molecule has 0 saturated carbocycles. The zero-order valence-corrected chi connectivity index (χ0v) is 20.9. The summed E-state index contributed by atoms with van der Waals surface area (Å²) in [6.07, 6.45) is 11.4. The van der Waals surface area contributed by atoms with Crippen molar-refractivity contribution >= 4 is 17.1 Å². The third-order valence-electron chi connectivity index (χ3n) is 4.50. The molecule has 0 aliphatic carbocycles. The van der Waals surface area contributed by atoms with Crippen molar-refractivity contribution in [2.75, 3.05) is 20.8 Å². The average Bonchev–Trinajstić information content (AvgIpc) is 2.65. The Kier molecular flexibility index (Phi) is 15.0. The van der Waals surface area contributed by atoms with Crippen LogP contribution in [0.5, 0.6) is 0 Å². The summed E-state index contributed by atoms with van der Waals surface area (Å²) in [5.41, 5.74) is 0. The van der Waals surface area contributed by atoms with Gasteiger partial charge in [-0.1, -0.05) is 51.0 Å². The van der Waals surface area contributed by atoms with Crippen LogP contribution in [0.25, 0.3) is 0 Å². The van der Waals surface area contributed by atoms with Gasteiger partial charge < -0.3 is 22.4 Å². The Morgan fingerprint density at radius 1 is 0.857 bits per heavy atom. The average molecular weight is 431 g/mol. The van der Waals surface area contributed by atoms with E-state index in [1.54, 1.807) is 14.2 Å². The van der Waals surface area contributed by atoms with Crippen molar-refractivity contribution in [2.45, 2.75) is 77.1 Å². The molecular formula is C21H42O5Si2. The highest BCUT2D eigenvalue weighted by Crippen LogP contribution is 2.20. The lowest BCUT2D eigenvalue weighted by molar-refractivity contribution is -0.0919. The molecule has 0 aliphatic heterocycles. The minimum Gasteiger partial charge on any atom is -0.398 e. The fourth-order valence-electron chi connectivity index (χ4n) is 2.74. The second kappa shape index (κ2) is 15.3. The van der Waals surface area contributed by atoms with Gasteiger partial charge in [0.15, 0.2) is 0 Å². The Labute approximate surface area is 175 Å². The number of hydrogen-bond acceptors (Lipinski definition) is 5. The van der Waals surface area contributed by atoms with E-state index < -0.39 is 17.1 Å². The topological polar surface area (TPSA) is 46.2 Å². The Bertz CT molecular complexity index is 460. The van der Waals surface area contributed by atoms with E-state index >= 15 is 0 Å². The Morgan fingerprint density at radius 3 is 1.86 bits per heavy atom. The molecule has 7 heteroatoms. The predicted molar refractivity (Wildman–Crippen MR) is 122 cm³/mol. The van der Waals surface area contributed by atoms with Crippen LogP contribution in [0.15, 0.2) is 37.5 Å². The lowest BCUT2D eigenvalue weighted by atomic mass is 10.2. The predicted octanol–water partition coefficient (Wildman–Crippen LogP) is 5.70. The zero-order chi connectivity index (χ0) is 21.5. The van der Waals surface area contributed by atoms with Crippen molar-refractivity contribution in [3.8, 4) is 0 Å². The van der Waals surface area contributed by atoms with Gasteiger partial charge >= 0.3 is 17.1 Å². The van der Waals surface area contributed by atoms with Crippen molar-refractivity contribution in [3.63, 3.8) is 0 Å². The summed E-state index contributed by atoms with van der Waals surface area (Å²) >= 11 is 0. The van der Waals surface area contributed by atoms with Crippen LogP contribution >= 0.6 is 0 Å². The zero-order valence-electron chi connectivity index (χ0n) is 18.9. The summed E-state index contributed by atoms with van der Waals surface area (Å²) in [5.74, 6) is 0. The summed E-state index contributed by atoms with van der Waals surface area (Å²) in [4.78, 5) is 0. The highest BCUT2D eigenvalue weighted by atomic mass is 28.4. The van der Waals surface area contributed by atoms with Gasteiger partial charge in [0.25, 0.3) is 0 Å². The third kappa shape index (κ3) is 11.5. The summed E-state index contributed by atoms with van der Waals surface area (Å²) in [5, 5.41) is 0. The van der Waals surface area contributed by atoms with Gasteiger partial charge in [0.05, 0.1) is 12.7 Å². The van der Waals surface area contributed by atoms with Crippen molar-refractivity contribution in [2.24, 2.45) is 0 Å². The summed E-state index contributed by atoms with van der Waals surface area (Å²) in [6.45, 7) is 16.5. The van der Waals surface area contributed by atoms with Crippen LogP contribution < -0.4 is 0 Å². The monoisotopic (exact) mass is 430 g/mol. The first kappa shape index (κ1) is 27.5. The first-order valence-corrected chi connectivity index (χ1v) is 15.3. The summed E-state index contributed by atoms with van der Waals surface area (Å²) in [7, 11) is -1.08. The van der Waals surface area contributed by atoms with Crippen molar-refractivity contribution < 1.29 is 22.4 Å². The third-order valence-corrected chi connectivity index (χ3v) is 9.85. The lowest BCUT2D eigenvalue weighted by Crippen LogP contribution is -2.41. The Morgan fingerprint density at radius 2 is 1.39 bits per heavy atom. The van der Waals surface area contributed by atoms with Gasteiger partial charge in [0.2, 0.25) is 0 Å². The van der Waals surface area contributed by atoms with Crippen LogP contribution in [0.2, 0.25) is 25.2 Å². The van der Waals surface area contributed by atoms with Crippen LogP contribution in [-0.2, 0) is 22.4 Å². The molecule has 4 unspecified atom stereocenters. The van der Waals surface area contributed by atoms with Gasteiger partial charge in [-0.2, -0.15) is 0 Å². The highest BCUT2D eigenvalue weighted by Gasteiger charge is 2.32. The largest absolute Gasteiger partial charge is 0.398 e. The maximum atomic E-state index is 6.30. The molecule has 0 spiro atoms. The van der Waals surface area contributed by atoms with E-state index in [-0.39, 0.29) is 12.4 Å². The molecule has 5 nitrogen and oxygen atoms in total. The van der Waals surface area contributed by atoms with E-state index in [4.69, 9.17) is 22.4 Å². The quantitative estimate of drug-likeness (QED) is 0.159. The summed E-state index contributed by atoms with van der Waals surface area (Å²) < 4.78 is 29.8. The second-order valence-corrected chi connectivity index (χ2v) is 13.8. The number of rotatable bonds is 18. The van der Waals surface area contributed by atoms with Crippen molar-refractivity contribution in [1.82, 2.24) is 0 Å². The van der Waals surface area contributed by atoms with Crippen LogP contribution in [-0.4, -0.2) is 50.3 Å². The number of allylic oxidation sites excluding steroid dienone is 2.